The van der Waals surface area contributed by atoms with E-state index in [2.05, 4.69) is 0 Å². The van der Waals surface area contributed by atoms with Crippen molar-refractivity contribution in [3.8, 4) is 0 Å². The van der Waals surface area contributed by atoms with Gasteiger partial charge in [0.1, 0.15) is 17.8 Å². The molecule has 0 radical (unpaired) electrons. The van der Waals surface area contributed by atoms with Gasteiger partial charge in [-0.3, -0.25) is 9.59 Å². The summed E-state index contributed by atoms with van der Waals surface area (Å²) in [6, 6.07) is 0.224. The Balaban J connectivity index is 2.41. The van der Waals surface area contributed by atoms with E-state index in [0.29, 0.717) is 19.1 Å². The highest BCUT2D eigenvalue weighted by atomic mass is 35.5. The Morgan fingerprint density at radius 1 is 0.900 bits per heavy atom. The van der Waals surface area contributed by atoms with Crippen LogP contribution in [0.4, 0.5) is 43.9 Å². The van der Waals surface area contributed by atoms with Gasteiger partial charge in [0.25, 0.3) is 5.91 Å². The summed E-state index contributed by atoms with van der Waals surface area (Å²) >= 11 is 17.2. The molecule has 2 unspecified atom stereocenters. The van der Waals surface area contributed by atoms with E-state index in [1.54, 1.807) is 5.32 Å². The van der Waals surface area contributed by atoms with Gasteiger partial charge >= 0.3 is 18.5 Å². The Hall–Kier alpha value is -2.71. The molecule has 4 nitrogen and oxygen atoms in total. The first-order chi connectivity index (χ1) is 18.1. The van der Waals surface area contributed by atoms with Gasteiger partial charge in [-0.25, -0.2) is 4.39 Å². The van der Waals surface area contributed by atoms with Crippen LogP contribution in [0.25, 0.3) is 5.83 Å². The average Bonchev–Trinajstić information content (AvgIpc) is 2.81. The molecule has 0 aromatic heterocycles. The van der Waals surface area contributed by atoms with Crippen molar-refractivity contribution in [3.05, 3.63) is 73.7 Å². The first-order valence-electron chi connectivity index (χ1n) is 10.6. The maximum atomic E-state index is 14.9. The third-order valence-corrected chi connectivity index (χ3v) is 6.35. The lowest BCUT2D eigenvalue weighted by atomic mass is 9.95. The second kappa shape index (κ2) is 12.4. The van der Waals surface area contributed by atoms with Gasteiger partial charge in [-0.2, -0.15) is 39.5 Å². The molecule has 2 rings (SSSR count). The number of alkyl halides is 9. The van der Waals surface area contributed by atoms with E-state index in [1.165, 1.54) is 5.32 Å². The number of carbonyl (C=O) groups excluding carboxylic acids is 2. The SMILES string of the molecule is CC(NC(=O)CNC(=O)c1ccc(/C(F)=C/C(c2cc(Cl)c(Cl)c(Cl)c2)C(F)(F)F)cc1C(F)(F)F)C(F)(F)F. The number of allylic oxidation sites excluding steroid dienone is 1. The summed E-state index contributed by atoms with van der Waals surface area (Å²) in [5.41, 5.74) is -4.64. The second-order valence-corrected chi connectivity index (χ2v) is 9.30. The summed E-state index contributed by atoms with van der Waals surface area (Å²) in [4.78, 5) is 23.9. The van der Waals surface area contributed by atoms with Gasteiger partial charge in [0.15, 0.2) is 0 Å². The van der Waals surface area contributed by atoms with Crippen molar-refractivity contribution in [1.29, 1.82) is 0 Å². The predicted molar refractivity (Wildman–Crippen MR) is 127 cm³/mol. The molecular weight excluding hydrogens is 633 g/mol. The molecule has 0 aliphatic rings. The van der Waals surface area contributed by atoms with Crippen LogP contribution in [0.3, 0.4) is 0 Å². The number of carbonyl (C=O) groups is 2. The van der Waals surface area contributed by atoms with Crippen LogP contribution in [0.2, 0.25) is 15.1 Å². The number of rotatable bonds is 7. The monoisotopic (exact) mass is 646 g/mol. The fourth-order valence-electron chi connectivity index (χ4n) is 3.13. The van der Waals surface area contributed by atoms with E-state index in [1.807, 2.05) is 0 Å². The van der Waals surface area contributed by atoms with Crippen molar-refractivity contribution >= 4 is 52.4 Å². The van der Waals surface area contributed by atoms with Crippen molar-refractivity contribution in [2.24, 2.45) is 0 Å². The van der Waals surface area contributed by atoms with E-state index >= 15 is 0 Å². The molecule has 17 heteroatoms. The molecule has 0 saturated heterocycles. The van der Waals surface area contributed by atoms with Gasteiger partial charge in [-0.1, -0.05) is 40.9 Å². The molecule has 0 bridgehead atoms. The summed E-state index contributed by atoms with van der Waals surface area (Å²) < 4.78 is 135. The lowest BCUT2D eigenvalue weighted by Crippen LogP contribution is -2.47. The first-order valence-corrected chi connectivity index (χ1v) is 11.7. The predicted octanol–water partition coefficient (Wildman–Crippen LogP) is 8.12. The molecule has 2 atom stereocenters. The van der Waals surface area contributed by atoms with E-state index < -0.39 is 87.0 Å². The summed E-state index contributed by atoms with van der Waals surface area (Å²) in [6.07, 6.45) is -15.4. The van der Waals surface area contributed by atoms with Gasteiger partial charge in [0.2, 0.25) is 5.91 Å². The Kier molecular flexibility index (Phi) is 10.4. The standard InChI is InChI=1S/C23H15Cl3F10N2O2/c1-9(21(28,29)30)38-18(39)8-37-20(40)12-3-2-10(4-14(12)23(34,35)36)17(27)7-13(22(31,32)33)11-5-15(24)19(26)16(25)6-11/h2-7,9,13H,8H2,1H3,(H,37,40)(H,38,39)/b17-7-. The molecule has 2 N–H and O–H groups in total. The quantitative estimate of drug-likeness (QED) is 0.236. The number of hydrogen-bond donors (Lipinski definition) is 2. The fourth-order valence-corrected chi connectivity index (χ4v) is 3.75. The van der Waals surface area contributed by atoms with Crippen LogP contribution in [0.1, 0.15) is 39.9 Å². The number of benzene rings is 2. The van der Waals surface area contributed by atoms with Crippen molar-refractivity contribution < 1.29 is 53.5 Å². The first kappa shape index (κ1) is 33.5. The topological polar surface area (TPSA) is 58.2 Å². The number of nitrogens with one attached hydrogen (secondary N) is 2. The van der Waals surface area contributed by atoms with Crippen molar-refractivity contribution in [1.82, 2.24) is 10.6 Å². The fraction of sp³-hybridized carbons (Fsp3) is 0.304. The van der Waals surface area contributed by atoms with Crippen molar-refractivity contribution in [2.75, 3.05) is 6.54 Å². The largest absolute Gasteiger partial charge is 0.417 e. The second-order valence-electron chi connectivity index (χ2n) is 8.10. The lowest BCUT2D eigenvalue weighted by molar-refractivity contribution is -0.157. The Morgan fingerprint density at radius 3 is 1.93 bits per heavy atom. The van der Waals surface area contributed by atoms with Gasteiger partial charge in [0.05, 0.1) is 32.7 Å². The maximum Gasteiger partial charge on any atom is 0.417 e. The molecule has 0 spiro atoms. The minimum Gasteiger partial charge on any atom is -0.343 e. The average molecular weight is 648 g/mol. The smallest absolute Gasteiger partial charge is 0.343 e. The van der Waals surface area contributed by atoms with Gasteiger partial charge in [-0.05, 0) is 42.8 Å². The Bertz CT molecular complexity index is 1280. The zero-order valence-electron chi connectivity index (χ0n) is 19.6. The van der Waals surface area contributed by atoms with Crippen LogP contribution < -0.4 is 10.6 Å². The van der Waals surface area contributed by atoms with Crippen LogP contribution in [0.15, 0.2) is 36.4 Å². The van der Waals surface area contributed by atoms with Crippen LogP contribution in [-0.4, -0.2) is 36.8 Å². The number of amides is 2. The molecule has 2 aromatic rings. The normalized spacial score (nSPS) is 14.5. The summed E-state index contributed by atoms with van der Waals surface area (Å²) in [6.45, 7) is -0.562. The molecule has 0 aliphatic carbocycles. The summed E-state index contributed by atoms with van der Waals surface area (Å²) in [5, 5.41) is 2.09. The van der Waals surface area contributed by atoms with Gasteiger partial charge in [0, 0.05) is 5.56 Å². The highest BCUT2D eigenvalue weighted by Crippen LogP contribution is 2.42. The zero-order valence-corrected chi connectivity index (χ0v) is 21.8. The summed E-state index contributed by atoms with van der Waals surface area (Å²) in [5.74, 6) is -7.44. The highest BCUT2D eigenvalue weighted by molar-refractivity contribution is 6.48. The number of hydrogen-bond acceptors (Lipinski definition) is 2. The van der Waals surface area contributed by atoms with Crippen molar-refractivity contribution in [3.63, 3.8) is 0 Å². The molecule has 2 aromatic carbocycles. The molecule has 40 heavy (non-hydrogen) atoms. The molecule has 0 heterocycles. The van der Waals surface area contributed by atoms with E-state index in [9.17, 15) is 53.5 Å². The minimum absolute atomic E-state index is 0.0305. The molecular formula is C23H15Cl3F10N2O2. The molecule has 0 saturated carbocycles. The van der Waals surface area contributed by atoms with Gasteiger partial charge < -0.3 is 10.6 Å². The van der Waals surface area contributed by atoms with E-state index in [-0.39, 0.29) is 17.2 Å². The molecule has 0 aliphatic heterocycles. The third kappa shape index (κ3) is 8.64. The van der Waals surface area contributed by atoms with E-state index in [0.717, 1.165) is 12.1 Å². The van der Waals surface area contributed by atoms with Crippen molar-refractivity contribution in [2.45, 2.75) is 37.4 Å². The highest BCUT2D eigenvalue weighted by Gasteiger charge is 2.41. The van der Waals surface area contributed by atoms with Gasteiger partial charge in [-0.15, -0.1) is 0 Å². The van der Waals surface area contributed by atoms with E-state index in [4.69, 9.17) is 34.8 Å². The Labute approximate surface area is 234 Å². The van der Waals surface area contributed by atoms with Crippen LogP contribution >= 0.6 is 34.8 Å². The molecule has 0 fully saturated rings. The van der Waals surface area contributed by atoms with Crippen LogP contribution in [0, 0.1) is 0 Å². The maximum absolute atomic E-state index is 14.9. The van der Waals surface area contributed by atoms with Crippen LogP contribution in [-0.2, 0) is 11.0 Å². The summed E-state index contributed by atoms with van der Waals surface area (Å²) in [7, 11) is 0. The third-order valence-electron chi connectivity index (χ3n) is 5.15. The Morgan fingerprint density at radius 2 is 1.45 bits per heavy atom. The zero-order chi connectivity index (χ0) is 30.8. The number of halogens is 13. The minimum atomic E-state index is -5.34. The lowest BCUT2D eigenvalue weighted by Gasteiger charge is -2.19. The molecule has 2 amide bonds. The molecule has 220 valence electrons. The van der Waals surface area contributed by atoms with Crippen LogP contribution in [0.5, 0.6) is 0 Å².